The van der Waals surface area contributed by atoms with Gasteiger partial charge in [-0.2, -0.15) is 0 Å². The van der Waals surface area contributed by atoms with E-state index >= 15 is 0 Å². The van der Waals surface area contributed by atoms with Crippen molar-refractivity contribution >= 4 is 65.2 Å². The zero-order chi connectivity index (χ0) is 78.2. The van der Waals surface area contributed by atoms with Crippen LogP contribution in [0.3, 0.4) is 0 Å². The topological polar surface area (TPSA) is 469 Å². The van der Waals surface area contributed by atoms with Crippen molar-refractivity contribution in [1.82, 2.24) is 31.1 Å². The summed E-state index contributed by atoms with van der Waals surface area (Å²) in [6.45, 7) is 4.07. The van der Waals surface area contributed by atoms with Gasteiger partial charge in [0.1, 0.15) is 68.2 Å². The molecule has 10 N–H and O–H groups in total. The van der Waals surface area contributed by atoms with E-state index in [-0.39, 0.29) is 374 Å². The maximum atomic E-state index is 14.7. The van der Waals surface area contributed by atoms with E-state index < -0.39 is 184 Å². The van der Waals surface area contributed by atoms with E-state index in [9.17, 15) is 78.3 Å². The first-order valence-corrected chi connectivity index (χ1v) is 35.6. The van der Waals surface area contributed by atoms with Crippen molar-refractivity contribution in [3.05, 3.63) is 113 Å². The molecule has 3 aliphatic heterocycles. The molecule has 5 amide bonds. The van der Waals surface area contributed by atoms with Gasteiger partial charge in [-0.15, -0.1) is 0 Å². The quantitative estimate of drug-likeness (QED) is 0.0156. The van der Waals surface area contributed by atoms with Gasteiger partial charge in [-0.05, 0) is 48.4 Å². The molecule has 3 aromatic carbocycles. The minimum atomic E-state index is -1.57. The zero-order valence-electron chi connectivity index (χ0n) is 64.5. The second-order valence-corrected chi connectivity index (χ2v) is 25.8. The Morgan fingerprint density at radius 2 is 0.867 bits per heavy atom. The van der Waals surface area contributed by atoms with Gasteiger partial charge in [0.05, 0.1) is 38.2 Å². The van der Waals surface area contributed by atoms with Crippen LogP contribution in [0.1, 0.15) is 116 Å². The third-order valence-corrected chi connectivity index (χ3v) is 17.7. The third-order valence-electron chi connectivity index (χ3n) is 17.7. The van der Waals surface area contributed by atoms with Crippen LogP contribution in [-0.4, -0.2) is 278 Å². The molecule has 6 radical (unpaired) electrons. The molecule has 6 unspecified atom stereocenters. The van der Waals surface area contributed by atoms with Gasteiger partial charge in [-0.1, -0.05) is 91.0 Å². The predicted molar refractivity (Wildman–Crippen MR) is 374 cm³/mol. The Hall–Kier alpha value is 0.159. The Morgan fingerprint density at radius 3 is 1.36 bits per heavy atom. The molecule has 3 aromatic rings. The van der Waals surface area contributed by atoms with E-state index in [1.807, 2.05) is 91.0 Å². The molecule has 0 saturated carbocycles. The number of esters is 5. The average Bonchev–Trinajstić information content (AvgIpc) is 0.742. The smallest absolute Gasteiger partial charge is 0.306 e. The molecule has 610 valence electrons. The second kappa shape index (κ2) is 60.7. The minimum Gasteiger partial charge on any atom is -0.667 e. The molecule has 3 fully saturated rings. The molecule has 113 heavy (non-hydrogen) atoms. The van der Waals surface area contributed by atoms with Crippen molar-refractivity contribution in [1.29, 1.82) is 0 Å². The number of aliphatic hydroxyl groups excluding tert-OH is 5. The number of nitrogens with one attached hydrogen (secondary N) is 5. The number of Topliss-reactive ketones (excluding diaryl/α,β-unsaturated/α-hetero) is 1. The largest absolute Gasteiger partial charge is 0.667 e. The Labute approximate surface area is 872 Å². The number of unbranched alkanes of at least 4 members (excludes halogenated alkanes) is 2. The zero-order valence-corrected chi connectivity index (χ0v) is 92.9. The molecule has 3 heterocycles. The number of hydrogen-bond acceptors (Lipinski definition) is 28. The number of rotatable bonds is 43. The molecule has 3 saturated heterocycles. The first-order valence-electron chi connectivity index (χ1n) is 35.6. The summed E-state index contributed by atoms with van der Waals surface area (Å²) in [5.41, 5.74) is 10.1. The summed E-state index contributed by atoms with van der Waals surface area (Å²) in [5.74, 6) is -6.86. The fraction of sp³-hybridized carbons (Fsp3) is 0.603. The molecule has 0 aliphatic carbocycles. The van der Waals surface area contributed by atoms with Crippen molar-refractivity contribution in [3.8, 4) is 0 Å². The van der Waals surface area contributed by atoms with Crippen LogP contribution in [0.15, 0.2) is 91.0 Å². The molecule has 3 aliphatic rings. The molecular formula is C73H102Ac6N7O27-. The van der Waals surface area contributed by atoms with E-state index in [0.29, 0.717) is 12.8 Å². The molecule has 0 aromatic heterocycles. The number of aliphatic hydroxyl groups is 5. The van der Waals surface area contributed by atoms with Gasteiger partial charge in [0.2, 0.25) is 29.5 Å². The van der Waals surface area contributed by atoms with Crippen LogP contribution in [0.2, 0.25) is 0 Å². The van der Waals surface area contributed by atoms with E-state index in [1.54, 1.807) is 4.90 Å². The van der Waals surface area contributed by atoms with E-state index in [0.717, 1.165) is 51.3 Å². The van der Waals surface area contributed by atoms with Crippen LogP contribution in [-0.2, 0) is 110 Å². The number of amides is 5. The summed E-state index contributed by atoms with van der Waals surface area (Å²) >= 11 is 0. The van der Waals surface area contributed by atoms with Crippen LogP contribution in [0.25, 0.3) is 5.73 Å². The third kappa shape index (κ3) is 37.2. The predicted octanol–water partition coefficient (Wildman–Crippen LogP) is 0.0449. The van der Waals surface area contributed by atoms with Gasteiger partial charge in [0, 0.05) is 378 Å². The standard InChI is InChI=1S/C73H102N7O27.6Ac/c1-44(84)77-62-68(103-48(5)88)65(96)55(41-82)106-72(62)100-43-53(90)28-29-60(94)97-39-30-58(92)75-31-33-79(59(93)27-17-19-37-98-70-61(74)67(102-47(4)87)64(95)54(40-81)105-70)35-36-80(73(50-20-10-7-11-21-50,51-22-12-8-13-23-51)52-24-14-9-15-25-52)34-32-76-57(91)26-16-18-38-99-71-63(78-45(2)85)69(104-49(6)89)66(101-46(3)86)56(42-83)107-71;;;;;;/h7-15,20-25,54-56,61-72,74,81-83,95-96H,16-19,26-43H2,1-6H3,(H,75,92)(H,76,91)(H,77,84)(H,78,85);;;;;;/q-1;;;;;;/t54?,55?,56?,61?,62-,63?,64+,65-,66-,67-,68?,69+,70-,71+,72+;;;;;;/m0....../s1. The Morgan fingerprint density at radius 1 is 0.451 bits per heavy atom. The maximum absolute atomic E-state index is 14.7. The van der Waals surface area contributed by atoms with Gasteiger partial charge in [-0.25, -0.2) is 0 Å². The first kappa shape index (κ1) is 113. The normalized spacial score (nSPS) is 22.9. The van der Waals surface area contributed by atoms with Crippen LogP contribution in [0, 0.1) is 264 Å². The summed E-state index contributed by atoms with van der Waals surface area (Å²) < 4.78 is 61.3. The van der Waals surface area contributed by atoms with Crippen molar-refractivity contribution in [2.45, 2.75) is 197 Å². The number of carbonyl (C=O) groups excluding carboxylic acids is 11. The molecule has 6 rings (SSSR count). The van der Waals surface area contributed by atoms with Crippen LogP contribution in [0.5, 0.6) is 0 Å². The number of benzene rings is 3. The van der Waals surface area contributed by atoms with Gasteiger partial charge in [-0.3, -0.25) is 57.6 Å². The van der Waals surface area contributed by atoms with Crippen LogP contribution >= 0.6 is 0 Å². The van der Waals surface area contributed by atoms with E-state index in [4.69, 9.17) is 57.8 Å². The second-order valence-electron chi connectivity index (χ2n) is 25.8. The fourth-order valence-electron chi connectivity index (χ4n) is 12.8. The van der Waals surface area contributed by atoms with Crippen LogP contribution < -0.4 is 21.3 Å². The molecule has 40 heteroatoms. The molecular weight excluding hydrogens is 2770 g/mol. The summed E-state index contributed by atoms with van der Waals surface area (Å²) in [4.78, 5) is 144. The summed E-state index contributed by atoms with van der Waals surface area (Å²) in [6, 6.07) is 25.3. The molecule has 0 spiro atoms. The number of hydrogen-bond donors (Lipinski definition) is 9. The van der Waals surface area contributed by atoms with Crippen molar-refractivity contribution < 1.29 is 395 Å². The number of ether oxygens (including phenoxy) is 11. The van der Waals surface area contributed by atoms with Gasteiger partial charge < -0.3 is 110 Å². The number of carbonyl (C=O) groups is 11. The fourth-order valence-corrected chi connectivity index (χ4v) is 12.8. The molecule has 0 bridgehead atoms. The summed E-state index contributed by atoms with van der Waals surface area (Å²) in [7, 11) is 0. The molecule has 34 nitrogen and oxygen atoms in total. The summed E-state index contributed by atoms with van der Waals surface area (Å²) in [5, 5.41) is 62.3. The summed E-state index contributed by atoms with van der Waals surface area (Å²) in [6.07, 6.45) is -16.2. The van der Waals surface area contributed by atoms with Crippen LogP contribution in [0.4, 0.5) is 0 Å². The van der Waals surface area contributed by atoms with Crippen molar-refractivity contribution in [3.63, 3.8) is 0 Å². The van der Waals surface area contributed by atoms with Crippen molar-refractivity contribution in [2.24, 2.45) is 0 Å². The van der Waals surface area contributed by atoms with E-state index in [1.165, 1.54) is 6.92 Å². The van der Waals surface area contributed by atoms with Gasteiger partial charge in [0.25, 0.3) is 0 Å². The van der Waals surface area contributed by atoms with Crippen molar-refractivity contribution in [2.75, 3.05) is 85.5 Å². The van der Waals surface area contributed by atoms with Gasteiger partial charge >= 0.3 is 29.8 Å². The first-order chi connectivity index (χ1) is 51.2. The Bertz CT molecular complexity index is 3280. The monoisotopic (exact) mass is 2870 g/mol. The number of ketones is 1. The Kier molecular flexibility index (Phi) is 60.7. The SMILES string of the molecule is CC(=O)NC1[C@H](OCCCCC(=O)NCCN(CCN(CCNC(=O)CCOC(=O)CCC(=O)CO[C@@H]2OC(CO)[C@H](O)C(OC(C)=O)[C@@H]2NC(C)=O)C(=O)CCCCO[C@H]2OC(CO)[C@@H](O)[C@@H](OC(C)=O)C2[NH-])C(c2ccccc2)(c2ccccc2)c2ccccc2)OC(CO)[C@H](OC(C)=O)[C@@H]1OC(C)=O.[Ac].[Ac].[Ac].[Ac].[Ac].[Ac]. The van der Waals surface area contributed by atoms with E-state index in [2.05, 4.69) is 26.2 Å². The average molecular weight is 2870 g/mol. The minimum absolute atomic E-state index is 0. The number of nitrogens with zero attached hydrogens (tertiary/aromatic N) is 2. The Balaban J connectivity index is 0.0000209. The van der Waals surface area contributed by atoms with Gasteiger partial charge in [0.15, 0.2) is 36.7 Å². The molecule has 15 atom stereocenters. The maximum Gasteiger partial charge on any atom is 0.306 e.